The molecule has 1 aromatic carbocycles. The third-order valence-electron chi connectivity index (χ3n) is 6.16. The maximum Gasteiger partial charge on any atom is 0.228 e. The molecule has 1 unspecified atom stereocenters. The SMILES string of the molecule is CCCN(CCC)C1=CC(=S(=O)=O)C(CCC(=O)Nc2nc(-c3ccc4c(c3)CC(=O)N4)cs2)C=C1. The average molecular weight is 527 g/mol. The molecule has 0 fully saturated rings. The van der Waals surface area contributed by atoms with Crippen LogP contribution in [-0.4, -0.2) is 48.1 Å². The summed E-state index contributed by atoms with van der Waals surface area (Å²) < 4.78 is 23.9. The van der Waals surface area contributed by atoms with Crippen molar-refractivity contribution >= 4 is 49.1 Å². The molecule has 1 aliphatic carbocycles. The number of benzene rings is 1. The van der Waals surface area contributed by atoms with E-state index in [-0.39, 0.29) is 24.2 Å². The molecule has 0 spiro atoms. The van der Waals surface area contributed by atoms with Crippen molar-refractivity contribution < 1.29 is 18.0 Å². The normalized spacial score (nSPS) is 16.4. The molecule has 10 heteroatoms. The molecule has 1 aliphatic heterocycles. The summed E-state index contributed by atoms with van der Waals surface area (Å²) in [6, 6.07) is 5.70. The van der Waals surface area contributed by atoms with Crippen molar-refractivity contribution in [1.82, 2.24) is 9.88 Å². The van der Waals surface area contributed by atoms with Crippen LogP contribution in [0, 0.1) is 5.92 Å². The quantitative estimate of drug-likeness (QED) is 0.448. The molecule has 0 bridgehead atoms. The Morgan fingerprint density at radius 3 is 2.75 bits per heavy atom. The third kappa shape index (κ3) is 6.11. The van der Waals surface area contributed by atoms with Crippen LogP contribution in [0.3, 0.4) is 0 Å². The van der Waals surface area contributed by atoms with Gasteiger partial charge in [0, 0.05) is 47.8 Å². The molecule has 0 saturated carbocycles. The van der Waals surface area contributed by atoms with Crippen LogP contribution >= 0.6 is 11.3 Å². The van der Waals surface area contributed by atoms with Gasteiger partial charge in [-0.2, -0.15) is 8.42 Å². The second-order valence-electron chi connectivity index (χ2n) is 8.88. The first-order valence-corrected chi connectivity index (χ1v) is 14.1. The summed E-state index contributed by atoms with van der Waals surface area (Å²) in [5, 5.41) is 7.99. The zero-order chi connectivity index (χ0) is 25.7. The Bertz CT molecular complexity index is 1340. The minimum absolute atomic E-state index is 0.0200. The first kappa shape index (κ1) is 25.8. The number of hydrogen-bond acceptors (Lipinski definition) is 7. The van der Waals surface area contributed by atoms with Crippen molar-refractivity contribution in [2.24, 2.45) is 5.92 Å². The topological polar surface area (TPSA) is 108 Å². The van der Waals surface area contributed by atoms with Gasteiger partial charge in [-0.1, -0.05) is 26.0 Å². The molecule has 4 rings (SSSR count). The van der Waals surface area contributed by atoms with Gasteiger partial charge in [-0.25, -0.2) is 4.98 Å². The van der Waals surface area contributed by atoms with Crippen molar-refractivity contribution in [1.29, 1.82) is 0 Å². The minimum atomic E-state index is -2.36. The molecule has 2 aromatic rings. The van der Waals surface area contributed by atoms with Crippen LogP contribution in [0.1, 0.15) is 45.1 Å². The molecule has 0 radical (unpaired) electrons. The van der Waals surface area contributed by atoms with Gasteiger partial charge in [0.15, 0.2) is 5.13 Å². The lowest BCUT2D eigenvalue weighted by atomic mass is 9.93. The Morgan fingerprint density at radius 2 is 2.03 bits per heavy atom. The van der Waals surface area contributed by atoms with Gasteiger partial charge in [0.05, 0.1) is 17.0 Å². The molecule has 2 N–H and O–H groups in total. The van der Waals surface area contributed by atoms with E-state index in [2.05, 4.69) is 34.4 Å². The number of thiazole rings is 1. The van der Waals surface area contributed by atoms with Crippen LogP contribution in [-0.2, 0) is 26.3 Å². The molecule has 2 amide bonds. The number of anilines is 2. The first-order valence-electron chi connectivity index (χ1n) is 12.2. The Balaban J connectivity index is 1.36. The Hall–Kier alpha value is -3.24. The largest absolute Gasteiger partial charge is 0.372 e. The van der Waals surface area contributed by atoms with E-state index >= 15 is 0 Å². The molecule has 1 atom stereocenters. The average Bonchev–Trinajstić information content (AvgIpc) is 3.47. The second kappa shape index (κ2) is 11.7. The van der Waals surface area contributed by atoms with Crippen molar-refractivity contribution in [3.63, 3.8) is 0 Å². The third-order valence-corrected chi connectivity index (χ3v) is 7.72. The highest BCUT2D eigenvalue weighted by Crippen LogP contribution is 2.31. The molecule has 2 heterocycles. The van der Waals surface area contributed by atoms with Gasteiger partial charge >= 0.3 is 0 Å². The van der Waals surface area contributed by atoms with Crippen molar-refractivity contribution in [2.75, 3.05) is 23.7 Å². The summed E-state index contributed by atoms with van der Waals surface area (Å²) in [5.41, 5.74) is 4.27. The van der Waals surface area contributed by atoms with Crippen LogP contribution in [0.25, 0.3) is 11.3 Å². The predicted molar refractivity (Wildman–Crippen MR) is 145 cm³/mol. The second-order valence-corrected chi connectivity index (χ2v) is 10.7. The van der Waals surface area contributed by atoms with Crippen LogP contribution < -0.4 is 10.6 Å². The van der Waals surface area contributed by atoms with E-state index in [1.807, 2.05) is 35.7 Å². The van der Waals surface area contributed by atoms with Gasteiger partial charge in [0.1, 0.15) is 0 Å². The molecule has 8 nitrogen and oxygen atoms in total. The first-order chi connectivity index (χ1) is 17.4. The summed E-state index contributed by atoms with van der Waals surface area (Å²) >= 11 is 1.33. The number of fused-ring (bicyclic) bond motifs is 1. The molecule has 1 aromatic heterocycles. The standard InChI is InChI=1S/C26H30N4O4S2/c1-3-11-30(12-4-2)20-8-5-17(23(15-20)36(33)34)7-10-24(31)29-26-28-22(16-35-26)18-6-9-21-19(13-18)14-25(32)27-21/h5-6,8-9,13,15-17H,3-4,7,10-12,14H2,1-2H3,(H,27,32)(H,28,29,31). The number of nitrogens with zero attached hydrogens (tertiary/aromatic N) is 2. The van der Waals surface area contributed by atoms with Crippen LogP contribution in [0.15, 0.2) is 47.5 Å². The molecule has 36 heavy (non-hydrogen) atoms. The number of carbonyl (C=O) groups excluding carboxylic acids is 2. The summed E-state index contributed by atoms with van der Waals surface area (Å²) in [4.78, 5) is 31.2. The van der Waals surface area contributed by atoms with E-state index in [0.717, 1.165) is 54.1 Å². The van der Waals surface area contributed by atoms with Crippen LogP contribution in [0.2, 0.25) is 0 Å². The van der Waals surface area contributed by atoms with Gasteiger partial charge in [0.25, 0.3) is 0 Å². The summed E-state index contributed by atoms with van der Waals surface area (Å²) in [6.07, 6.45) is 8.47. The number of hydrogen-bond donors (Lipinski definition) is 2. The van der Waals surface area contributed by atoms with Gasteiger partial charge in [-0.05, 0) is 49.1 Å². The van der Waals surface area contributed by atoms with Gasteiger partial charge in [0.2, 0.25) is 22.1 Å². The summed E-state index contributed by atoms with van der Waals surface area (Å²) in [7, 11) is -2.36. The van der Waals surface area contributed by atoms with Crippen molar-refractivity contribution in [2.45, 2.75) is 46.0 Å². The zero-order valence-electron chi connectivity index (χ0n) is 20.4. The lowest BCUT2D eigenvalue weighted by molar-refractivity contribution is -0.116. The monoisotopic (exact) mass is 526 g/mol. The highest BCUT2D eigenvalue weighted by Gasteiger charge is 2.22. The minimum Gasteiger partial charge on any atom is -0.372 e. The fourth-order valence-electron chi connectivity index (χ4n) is 4.45. The Labute approximate surface area is 216 Å². The van der Waals surface area contributed by atoms with E-state index in [4.69, 9.17) is 0 Å². The number of nitrogens with one attached hydrogen (secondary N) is 2. The highest BCUT2D eigenvalue weighted by molar-refractivity contribution is 7.73. The number of amides is 2. The zero-order valence-corrected chi connectivity index (χ0v) is 22.0. The fraction of sp³-hybridized carbons (Fsp3) is 0.385. The number of allylic oxidation sites excluding steroid dienone is 3. The molecular weight excluding hydrogens is 496 g/mol. The van der Waals surface area contributed by atoms with E-state index < -0.39 is 10.3 Å². The molecule has 190 valence electrons. The predicted octanol–water partition coefficient (Wildman–Crippen LogP) is 4.27. The lowest BCUT2D eigenvalue weighted by Gasteiger charge is -2.28. The Morgan fingerprint density at radius 1 is 1.25 bits per heavy atom. The van der Waals surface area contributed by atoms with E-state index in [0.29, 0.717) is 22.8 Å². The summed E-state index contributed by atoms with van der Waals surface area (Å²) in [6.45, 7) is 5.94. The lowest BCUT2D eigenvalue weighted by Crippen LogP contribution is -2.28. The van der Waals surface area contributed by atoms with Gasteiger partial charge in [-0.15, -0.1) is 11.3 Å². The number of aromatic nitrogens is 1. The number of carbonyl (C=O) groups is 2. The van der Waals surface area contributed by atoms with Crippen LogP contribution in [0.4, 0.5) is 10.8 Å². The van der Waals surface area contributed by atoms with E-state index in [1.165, 1.54) is 11.3 Å². The van der Waals surface area contributed by atoms with E-state index in [9.17, 15) is 18.0 Å². The van der Waals surface area contributed by atoms with Crippen LogP contribution in [0.5, 0.6) is 0 Å². The fourth-order valence-corrected chi connectivity index (χ4v) is 5.84. The van der Waals surface area contributed by atoms with Crippen molar-refractivity contribution in [3.8, 4) is 11.3 Å². The molecule has 2 aliphatic rings. The van der Waals surface area contributed by atoms with E-state index in [1.54, 1.807) is 6.08 Å². The van der Waals surface area contributed by atoms with Gasteiger partial charge < -0.3 is 15.5 Å². The number of rotatable bonds is 10. The smallest absolute Gasteiger partial charge is 0.228 e. The maximum absolute atomic E-state index is 12.6. The van der Waals surface area contributed by atoms with Crippen molar-refractivity contribution in [3.05, 3.63) is 53.1 Å². The summed E-state index contributed by atoms with van der Waals surface area (Å²) in [5.74, 6) is -0.566. The maximum atomic E-state index is 12.6. The molecular formula is C26H30N4O4S2. The molecule has 0 saturated heterocycles. The highest BCUT2D eigenvalue weighted by atomic mass is 32.2. The van der Waals surface area contributed by atoms with Gasteiger partial charge in [-0.3, -0.25) is 9.59 Å². The Kier molecular flexibility index (Phi) is 8.37.